The number of fused-ring (bicyclic) bond motifs is 1. The van der Waals surface area contributed by atoms with Gasteiger partial charge in [0.25, 0.3) is 11.8 Å². The quantitative estimate of drug-likeness (QED) is 0.516. The SMILES string of the molecule is CSc1cccc(NC(=O)c2cc3n(n2)C[C@](C)(C(=O)NC2CCCCCC2)N(C)C3=O)c1. The van der Waals surface area contributed by atoms with Crippen LogP contribution in [0.4, 0.5) is 5.69 Å². The molecule has 3 amide bonds. The molecule has 4 rings (SSSR count). The van der Waals surface area contributed by atoms with Gasteiger partial charge in [-0.2, -0.15) is 5.10 Å². The van der Waals surface area contributed by atoms with Gasteiger partial charge in [-0.1, -0.05) is 31.7 Å². The average molecular weight is 470 g/mol. The molecule has 1 atom stereocenters. The van der Waals surface area contributed by atoms with Gasteiger partial charge in [-0.05, 0) is 44.2 Å². The third kappa shape index (κ3) is 4.78. The van der Waals surface area contributed by atoms with E-state index in [2.05, 4.69) is 15.7 Å². The second kappa shape index (κ2) is 9.59. The van der Waals surface area contributed by atoms with Crippen LogP contribution >= 0.6 is 11.8 Å². The summed E-state index contributed by atoms with van der Waals surface area (Å²) in [5.74, 6) is -0.891. The van der Waals surface area contributed by atoms with Crippen LogP contribution in [0.1, 0.15) is 66.4 Å². The van der Waals surface area contributed by atoms with Gasteiger partial charge in [0.1, 0.15) is 11.2 Å². The van der Waals surface area contributed by atoms with Crippen molar-refractivity contribution in [2.75, 3.05) is 18.6 Å². The third-order valence-electron chi connectivity index (χ3n) is 6.74. The summed E-state index contributed by atoms with van der Waals surface area (Å²) in [5.41, 5.74) is 0.0342. The first-order valence-electron chi connectivity index (χ1n) is 11.4. The number of hydrogen-bond acceptors (Lipinski definition) is 5. The lowest BCUT2D eigenvalue weighted by Crippen LogP contribution is -2.63. The average Bonchev–Trinajstić information content (AvgIpc) is 3.06. The van der Waals surface area contributed by atoms with Gasteiger partial charge in [-0.15, -0.1) is 11.8 Å². The Balaban J connectivity index is 1.52. The van der Waals surface area contributed by atoms with Crippen LogP contribution in [0.15, 0.2) is 35.2 Å². The van der Waals surface area contributed by atoms with Crippen LogP contribution in [0.3, 0.4) is 0 Å². The zero-order chi connectivity index (χ0) is 23.6. The van der Waals surface area contributed by atoms with Gasteiger partial charge in [0.05, 0.1) is 6.54 Å². The lowest BCUT2D eigenvalue weighted by Gasteiger charge is -2.41. The predicted octanol–water partition coefficient (Wildman–Crippen LogP) is 3.54. The number of hydrogen-bond donors (Lipinski definition) is 2. The van der Waals surface area contributed by atoms with E-state index in [0.29, 0.717) is 11.4 Å². The molecule has 33 heavy (non-hydrogen) atoms. The Bertz CT molecular complexity index is 1060. The Hall–Kier alpha value is -2.81. The zero-order valence-corrected chi connectivity index (χ0v) is 20.2. The van der Waals surface area contributed by atoms with Gasteiger partial charge in [0.15, 0.2) is 5.69 Å². The minimum absolute atomic E-state index is 0.137. The molecule has 2 aliphatic rings. The highest BCUT2D eigenvalue weighted by Crippen LogP contribution is 2.27. The lowest BCUT2D eigenvalue weighted by atomic mass is 9.95. The van der Waals surface area contributed by atoms with Crippen LogP contribution in [0.25, 0.3) is 0 Å². The smallest absolute Gasteiger partial charge is 0.276 e. The van der Waals surface area contributed by atoms with E-state index in [0.717, 1.165) is 30.6 Å². The highest BCUT2D eigenvalue weighted by molar-refractivity contribution is 7.98. The fraction of sp³-hybridized carbons (Fsp3) is 0.500. The Labute approximate surface area is 198 Å². The summed E-state index contributed by atoms with van der Waals surface area (Å²) < 4.78 is 1.49. The summed E-state index contributed by atoms with van der Waals surface area (Å²) in [6, 6.07) is 9.16. The molecule has 0 unspecified atom stereocenters. The molecular weight excluding hydrogens is 438 g/mol. The van der Waals surface area contributed by atoms with E-state index < -0.39 is 11.4 Å². The van der Waals surface area contributed by atoms with Crippen LogP contribution in [0, 0.1) is 0 Å². The van der Waals surface area contributed by atoms with Crippen LogP contribution in [0.2, 0.25) is 0 Å². The van der Waals surface area contributed by atoms with Crippen LogP contribution in [-0.4, -0.2) is 57.3 Å². The maximum atomic E-state index is 13.3. The van der Waals surface area contributed by atoms with Crippen LogP contribution in [-0.2, 0) is 11.3 Å². The molecule has 1 fully saturated rings. The Morgan fingerprint density at radius 1 is 1.15 bits per heavy atom. The van der Waals surface area contributed by atoms with Gasteiger partial charge >= 0.3 is 0 Å². The number of nitrogens with one attached hydrogen (secondary N) is 2. The Kier molecular flexibility index (Phi) is 6.78. The van der Waals surface area contributed by atoms with E-state index >= 15 is 0 Å². The molecule has 0 spiro atoms. The summed E-state index contributed by atoms with van der Waals surface area (Å²) in [4.78, 5) is 41.7. The van der Waals surface area contributed by atoms with Crippen molar-refractivity contribution in [1.29, 1.82) is 0 Å². The minimum Gasteiger partial charge on any atom is -0.351 e. The van der Waals surface area contributed by atoms with Crippen molar-refractivity contribution in [3.63, 3.8) is 0 Å². The van der Waals surface area contributed by atoms with E-state index in [4.69, 9.17) is 0 Å². The van der Waals surface area contributed by atoms with Crippen LogP contribution in [0.5, 0.6) is 0 Å². The maximum Gasteiger partial charge on any atom is 0.276 e. The maximum absolute atomic E-state index is 13.3. The van der Waals surface area contributed by atoms with E-state index in [9.17, 15) is 14.4 Å². The van der Waals surface area contributed by atoms with Gasteiger partial charge in [-0.25, -0.2) is 0 Å². The molecule has 1 aliphatic heterocycles. The monoisotopic (exact) mass is 469 g/mol. The molecule has 1 aromatic heterocycles. The van der Waals surface area contributed by atoms with Crippen molar-refractivity contribution in [3.8, 4) is 0 Å². The zero-order valence-electron chi connectivity index (χ0n) is 19.4. The molecule has 1 saturated carbocycles. The second-order valence-corrected chi connectivity index (χ2v) is 9.94. The highest BCUT2D eigenvalue weighted by Gasteiger charge is 2.46. The predicted molar refractivity (Wildman–Crippen MR) is 129 cm³/mol. The normalized spacial score (nSPS) is 21.3. The number of rotatable bonds is 5. The van der Waals surface area contributed by atoms with E-state index in [1.54, 1.807) is 31.8 Å². The summed E-state index contributed by atoms with van der Waals surface area (Å²) in [6.07, 6.45) is 8.52. The number of nitrogens with zero attached hydrogens (tertiary/aromatic N) is 3. The number of carbonyl (C=O) groups is 3. The van der Waals surface area contributed by atoms with E-state index in [1.807, 2.05) is 24.5 Å². The van der Waals surface area contributed by atoms with Crippen molar-refractivity contribution in [2.45, 2.75) is 68.5 Å². The number of likely N-dealkylation sites (N-methyl/N-ethyl adjacent to an activating group) is 1. The molecule has 1 aliphatic carbocycles. The van der Waals surface area contributed by atoms with Gasteiger partial charge in [0, 0.05) is 29.7 Å². The number of thioether (sulfide) groups is 1. The molecule has 2 heterocycles. The van der Waals surface area contributed by atoms with Crippen molar-refractivity contribution in [1.82, 2.24) is 20.0 Å². The van der Waals surface area contributed by atoms with E-state index in [-0.39, 0.29) is 30.1 Å². The Morgan fingerprint density at radius 2 is 1.88 bits per heavy atom. The molecule has 2 N–H and O–H groups in total. The summed E-state index contributed by atoms with van der Waals surface area (Å²) in [5, 5.41) is 10.4. The summed E-state index contributed by atoms with van der Waals surface area (Å²) >= 11 is 1.59. The number of carbonyl (C=O) groups excluding carboxylic acids is 3. The molecule has 2 aromatic rings. The minimum atomic E-state index is -1.08. The summed E-state index contributed by atoms with van der Waals surface area (Å²) in [6.45, 7) is 1.95. The first-order valence-corrected chi connectivity index (χ1v) is 12.7. The van der Waals surface area contributed by atoms with Gasteiger partial charge in [0.2, 0.25) is 5.91 Å². The van der Waals surface area contributed by atoms with Crippen molar-refractivity contribution in [3.05, 3.63) is 41.7 Å². The number of amides is 3. The van der Waals surface area contributed by atoms with E-state index in [1.165, 1.54) is 28.5 Å². The standard InChI is InChI=1S/C24H31N5O3S/c1-24(23(32)26-16-9-6-4-5-7-10-16)15-29-20(22(31)28(24)2)14-19(27-29)21(30)25-17-11-8-12-18(13-17)33-3/h8,11-14,16H,4-7,9-10,15H2,1-3H3,(H,25,30)(H,26,32)/t24-/m1/s1. The van der Waals surface area contributed by atoms with Crippen LogP contribution < -0.4 is 10.6 Å². The fourth-order valence-electron chi connectivity index (χ4n) is 4.50. The number of anilines is 1. The summed E-state index contributed by atoms with van der Waals surface area (Å²) in [7, 11) is 1.64. The third-order valence-corrected chi connectivity index (χ3v) is 7.47. The molecule has 0 bridgehead atoms. The van der Waals surface area contributed by atoms with Crippen molar-refractivity contribution < 1.29 is 14.4 Å². The molecule has 1 aromatic carbocycles. The number of aromatic nitrogens is 2. The molecule has 8 nitrogen and oxygen atoms in total. The van der Waals surface area contributed by atoms with Crippen molar-refractivity contribution >= 4 is 35.2 Å². The second-order valence-electron chi connectivity index (χ2n) is 9.06. The lowest BCUT2D eigenvalue weighted by molar-refractivity contribution is -0.133. The first kappa shape index (κ1) is 23.4. The molecule has 0 radical (unpaired) electrons. The van der Waals surface area contributed by atoms with Crippen molar-refractivity contribution in [2.24, 2.45) is 0 Å². The highest BCUT2D eigenvalue weighted by atomic mass is 32.2. The first-order chi connectivity index (χ1) is 15.8. The van der Waals surface area contributed by atoms with Gasteiger partial charge in [-0.3, -0.25) is 19.1 Å². The molecule has 9 heteroatoms. The topological polar surface area (TPSA) is 96.3 Å². The molecule has 176 valence electrons. The Morgan fingerprint density at radius 3 is 2.58 bits per heavy atom. The fourth-order valence-corrected chi connectivity index (χ4v) is 4.96. The van der Waals surface area contributed by atoms with Gasteiger partial charge < -0.3 is 15.5 Å². The largest absolute Gasteiger partial charge is 0.351 e. The molecular formula is C24H31N5O3S. The molecule has 0 saturated heterocycles. The number of benzene rings is 1.